The van der Waals surface area contributed by atoms with Crippen LogP contribution in [0.2, 0.25) is 0 Å². The van der Waals surface area contributed by atoms with Gasteiger partial charge in [-0.1, -0.05) is 42.0 Å². The van der Waals surface area contributed by atoms with Crippen LogP contribution in [-0.2, 0) is 17.6 Å². The van der Waals surface area contributed by atoms with Crippen molar-refractivity contribution < 1.29 is 14.7 Å². The standard InChI is InChI=1S/C21H25NO3/c1-15-4-6-18(7-5-15)14-16(2)22(3)20(23)13-10-17-8-11-19(12-9-17)21(24)25/h4-9,11-12,16H,10,13-14H2,1-3H3,(H,24,25). The van der Waals surface area contributed by atoms with Crippen LogP contribution in [0.15, 0.2) is 48.5 Å². The van der Waals surface area contributed by atoms with Crippen LogP contribution in [0.25, 0.3) is 0 Å². The van der Waals surface area contributed by atoms with Crippen LogP contribution in [-0.4, -0.2) is 35.0 Å². The first-order chi connectivity index (χ1) is 11.9. The molecule has 1 N–H and O–H groups in total. The molecule has 1 amide bonds. The lowest BCUT2D eigenvalue weighted by Gasteiger charge is -2.25. The molecule has 2 aromatic rings. The van der Waals surface area contributed by atoms with Gasteiger partial charge in [-0.05, 0) is 49.9 Å². The molecule has 4 heteroatoms. The number of rotatable bonds is 7. The van der Waals surface area contributed by atoms with Crippen molar-refractivity contribution in [1.82, 2.24) is 4.90 Å². The van der Waals surface area contributed by atoms with Crippen LogP contribution in [0, 0.1) is 6.92 Å². The van der Waals surface area contributed by atoms with E-state index in [9.17, 15) is 9.59 Å². The predicted octanol–water partition coefficient (Wildman–Crippen LogP) is 3.72. The topological polar surface area (TPSA) is 57.6 Å². The summed E-state index contributed by atoms with van der Waals surface area (Å²) >= 11 is 0. The maximum absolute atomic E-state index is 12.4. The number of amides is 1. The van der Waals surface area contributed by atoms with E-state index in [0.29, 0.717) is 12.8 Å². The molecule has 2 rings (SSSR count). The summed E-state index contributed by atoms with van der Waals surface area (Å²) in [6.45, 7) is 4.12. The van der Waals surface area contributed by atoms with Gasteiger partial charge in [-0.25, -0.2) is 4.79 Å². The maximum Gasteiger partial charge on any atom is 0.335 e. The Hall–Kier alpha value is -2.62. The molecule has 1 atom stereocenters. The number of aromatic carboxylic acids is 1. The van der Waals surface area contributed by atoms with Crippen LogP contribution in [0.4, 0.5) is 0 Å². The Morgan fingerprint density at radius 1 is 1.00 bits per heavy atom. The van der Waals surface area contributed by atoms with Crippen LogP contribution < -0.4 is 0 Å². The number of hydrogen-bond acceptors (Lipinski definition) is 2. The number of likely N-dealkylation sites (N-methyl/N-ethyl adjacent to an activating group) is 1. The molecule has 0 aliphatic heterocycles. The molecule has 0 saturated carbocycles. The number of aryl methyl sites for hydroxylation is 2. The second-order valence-electron chi connectivity index (χ2n) is 6.55. The Morgan fingerprint density at radius 2 is 1.56 bits per heavy atom. The Morgan fingerprint density at radius 3 is 2.12 bits per heavy atom. The minimum Gasteiger partial charge on any atom is -0.478 e. The zero-order valence-corrected chi connectivity index (χ0v) is 15.0. The molecule has 0 radical (unpaired) electrons. The van der Waals surface area contributed by atoms with Gasteiger partial charge in [0.05, 0.1) is 5.56 Å². The molecule has 0 fully saturated rings. The normalized spacial score (nSPS) is 11.8. The first-order valence-electron chi connectivity index (χ1n) is 8.50. The van der Waals surface area contributed by atoms with E-state index in [1.165, 1.54) is 11.1 Å². The van der Waals surface area contributed by atoms with Crippen LogP contribution in [0.5, 0.6) is 0 Å². The third-order valence-corrected chi connectivity index (χ3v) is 4.53. The largest absolute Gasteiger partial charge is 0.478 e. The van der Waals surface area contributed by atoms with Gasteiger partial charge in [0.1, 0.15) is 0 Å². The molecule has 2 aromatic carbocycles. The van der Waals surface area contributed by atoms with Gasteiger partial charge in [-0.2, -0.15) is 0 Å². The molecule has 0 bridgehead atoms. The van der Waals surface area contributed by atoms with Gasteiger partial charge in [0.15, 0.2) is 0 Å². The molecule has 0 aromatic heterocycles. The van der Waals surface area contributed by atoms with Crippen LogP contribution in [0.3, 0.4) is 0 Å². The van der Waals surface area contributed by atoms with E-state index in [2.05, 4.69) is 38.1 Å². The quantitative estimate of drug-likeness (QED) is 0.836. The second-order valence-corrected chi connectivity index (χ2v) is 6.55. The molecular formula is C21H25NO3. The lowest BCUT2D eigenvalue weighted by molar-refractivity contribution is -0.131. The Bertz CT molecular complexity index is 720. The fourth-order valence-electron chi connectivity index (χ4n) is 2.69. The summed E-state index contributed by atoms with van der Waals surface area (Å²) in [6, 6.07) is 15.2. The van der Waals surface area contributed by atoms with Crippen molar-refractivity contribution in [2.24, 2.45) is 0 Å². The number of carbonyl (C=O) groups excluding carboxylic acids is 1. The highest BCUT2D eigenvalue weighted by Crippen LogP contribution is 2.12. The molecule has 0 saturated heterocycles. The van der Waals surface area contributed by atoms with Gasteiger partial charge in [0.25, 0.3) is 0 Å². The summed E-state index contributed by atoms with van der Waals surface area (Å²) in [4.78, 5) is 25.1. The lowest BCUT2D eigenvalue weighted by atomic mass is 10.0. The zero-order chi connectivity index (χ0) is 18.4. The zero-order valence-electron chi connectivity index (χ0n) is 15.0. The number of nitrogens with zero attached hydrogens (tertiary/aromatic N) is 1. The smallest absolute Gasteiger partial charge is 0.335 e. The van der Waals surface area contributed by atoms with Crippen LogP contribution >= 0.6 is 0 Å². The van der Waals surface area contributed by atoms with Crippen molar-refractivity contribution >= 4 is 11.9 Å². The monoisotopic (exact) mass is 339 g/mol. The number of carboxylic acids is 1. The van der Waals surface area contributed by atoms with Crippen molar-refractivity contribution in [3.05, 3.63) is 70.8 Å². The average Bonchev–Trinajstić information content (AvgIpc) is 2.61. The summed E-state index contributed by atoms with van der Waals surface area (Å²) in [5.74, 6) is -0.839. The number of carbonyl (C=O) groups is 2. The molecule has 0 spiro atoms. The maximum atomic E-state index is 12.4. The average molecular weight is 339 g/mol. The molecule has 25 heavy (non-hydrogen) atoms. The summed E-state index contributed by atoms with van der Waals surface area (Å²) < 4.78 is 0. The number of benzene rings is 2. The highest BCUT2D eigenvalue weighted by molar-refractivity contribution is 5.87. The predicted molar refractivity (Wildman–Crippen MR) is 98.8 cm³/mol. The molecule has 0 heterocycles. The Balaban J connectivity index is 1.86. The fraction of sp³-hybridized carbons (Fsp3) is 0.333. The first kappa shape index (κ1) is 18.7. The summed E-state index contributed by atoms with van der Waals surface area (Å²) in [7, 11) is 1.84. The molecule has 4 nitrogen and oxygen atoms in total. The van der Waals surface area contributed by atoms with Crippen molar-refractivity contribution in [3.63, 3.8) is 0 Å². The fourth-order valence-corrected chi connectivity index (χ4v) is 2.69. The van der Waals surface area contributed by atoms with Crippen LogP contribution in [0.1, 0.15) is 40.4 Å². The van der Waals surface area contributed by atoms with E-state index >= 15 is 0 Å². The van der Waals surface area contributed by atoms with Gasteiger partial charge in [-0.3, -0.25) is 4.79 Å². The third-order valence-electron chi connectivity index (χ3n) is 4.53. The number of hydrogen-bond donors (Lipinski definition) is 1. The van der Waals surface area contributed by atoms with Crippen molar-refractivity contribution in [2.75, 3.05) is 7.05 Å². The van der Waals surface area contributed by atoms with Crippen molar-refractivity contribution in [2.45, 2.75) is 39.2 Å². The first-order valence-corrected chi connectivity index (χ1v) is 8.50. The summed E-state index contributed by atoms with van der Waals surface area (Å²) in [5, 5.41) is 8.90. The van der Waals surface area contributed by atoms with Crippen molar-refractivity contribution in [1.29, 1.82) is 0 Å². The molecule has 1 unspecified atom stereocenters. The van der Waals surface area contributed by atoms with Gasteiger partial charge in [-0.15, -0.1) is 0 Å². The molecule has 0 aliphatic rings. The van der Waals surface area contributed by atoms with Gasteiger partial charge < -0.3 is 10.0 Å². The summed E-state index contributed by atoms with van der Waals surface area (Å²) in [5.41, 5.74) is 3.69. The molecule has 132 valence electrons. The SMILES string of the molecule is Cc1ccc(CC(C)N(C)C(=O)CCc2ccc(C(=O)O)cc2)cc1. The molecular weight excluding hydrogens is 314 g/mol. The van der Waals surface area contributed by atoms with Crippen molar-refractivity contribution in [3.8, 4) is 0 Å². The van der Waals surface area contributed by atoms with E-state index in [0.717, 1.165) is 12.0 Å². The lowest BCUT2D eigenvalue weighted by Crippen LogP contribution is -2.36. The summed E-state index contributed by atoms with van der Waals surface area (Å²) in [6.07, 6.45) is 1.86. The van der Waals surface area contributed by atoms with E-state index in [1.807, 2.05) is 7.05 Å². The van der Waals surface area contributed by atoms with Gasteiger partial charge in [0.2, 0.25) is 5.91 Å². The minimum absolute atomic E-state index is 0.0990. The highest BCUT2D eigenvalue weighted by Gasteiger charge is 2.16. The van der Waals surface area contributed by atoms with Gasteiger partial charge in [0, 0.05) is 19.5 Å². The Kier molecular flexibility index (Phi) is 6.34. The van der Waals surface area contributed by atoms with E-state index in [1.54, 1.807) is 29.2 Å². The van der Waals surface area contributed by atoms with Gasteiger partial charge >= 0.3 is 5.97 Å². The molecule has 0 aliphatic carbocycles. The minimum atomic E-state index is -0.938. The second kappa shape index (κ2) is 8.47. The Labute approximate surface area is 149 Å². The third kappa shape index (κ3) is 5.45. The van der Waals surface area contributed by atoms with E-state index in [-0.39, 0.29) is 17.5 Å². The van der Waals surface area contributed by atoms with E-state index < -0.39 is 5.97 Å². The number of carboxylic acid groups (broad SMARTS) is 1. The van der Waals surface area contributed by atoms with E-state index in [4.69, 9.17) is 5.11 Å². The highest BCUT2D eigenvalue weighted by atomic mass is 16.4.